The van der Waals surface area contributed by atoms with Gasteiger partial charge in [0.15, 0.2) is 6.61 Å². The number of ether oxygens (including phenoxy) is 2. The van der Waals surface area contributed by atoms with Crippen molar-refractivity contribution in [3.8, 4) is 5.75 Å². The molecule has 4 aliphatic rings. The molecule has 0 aromatic heterocycles. The molecule has 33 heavy (non-hydrogen) atoms. The third-order valence-corrected chi connectivity index (χ3v) is 7.52. The average Bonchev–Trinajstić information content (AvgIpc) is 3.29. The van der Waals surface area contributed by atoms with Crippen LogP contribution in [0.3, 0.4) is 0 Å². The summed E-state index contributed by atoms with van der Waals surface area (Å²) in [7, 11) is 0. The van der Waals surface area contributed by atoms with Crippen molar-refractivity contribution < 1.29 is 27.8 Å². The van der Waals surface area contributed by atoms with Gasteiger partial charge in [0.1, 0.15) is 5.75 Å². The van der Waals surface area contributed by atoms with E-state index in [0.717, 1.165) is 12.8 Å². The van der Waals surface area contributed by atoms with Crippen molar-refractivity contribution >= 4 is 35.0 Å². The summed E-state index contributed by atoms with van der Waals surface area (Å²) in [5.74, 6) is 0.306. The Kier molecular flexibility index (Phi) is 7.63. The minimum Gasteiger partial charge on any atom is -0.484 e. The van der Waals surface area contributed by atoms with Crippen molar-refractivity contribution in [2.24, 2.45) is 11.8 Å². The summed E-state index contributed by atoms with van der Waals surface area (Å²) < 4.78 is 34.6. The van der Waals surface area contributed by atoms with Gasteiger partial charge in [-0.2, -0.15) is 8.78 Å². The predicted octanol–water partition coefficient (Wildman–Crippen LogP) is 3.13. The number of alkyl halides is 2. The number of piperidine rings is 1. The Balaban J connectivity index is 1.17. The number of hydrogen-bond donors (Lipinski definition) is 3. The minimum absolute atomic E-state index is 0.0200. The summed E-state index contributed by atoms with van der Waals surface area (Å²) in [6, 6.07) is 4.83. The van der Waals surface area contributed by atoms with Gasteiger partial charge in [-0.25, -0.2) is 0 Å². The lowest BCUT2D eigenvalue weighted by molar-refractivity contribution is -0.167. The lowest BCUT2D eigenvalue weighted by Crippen LogP contribution is -2.53. The highest BCUT2D eigenvalue weighted by molar-refractivity contribution is 6.42. The van der Waals surface area contributed by atoms with Crippen LogP contribution in [0.25, 0.3) is 0 Å². The van der Waals surface area contributed by atoms with Gasteiger partial charge in [0.2, 0.25) is 5.91 Å². The van der Waals surface area contributed by atoms with Gasteiger partial charge >= 0.3 is 6.61 Å². The van der Waals surface area contributed by atoms with E-state index in [0.29, 0.717) is 48.1 Å². The third kappa shape index (κ3) is 6.07. The first kappa shape index (κ1) is 24.4. The Hall–Kier alpha value is -1.68. The zero-order chi connectivity index (χ0) is 23.6. The standard InChI is InChI=1S/C22H27Cl2F2N3O4/c23-17-4-3-14(5-18(17)24)32-11-19(30)29-22-6-12(7-22)16(8-22)20(31)28-9-13-1-2-15(10-27-13)33-21(25)26/h3-5,12-13,15-16,21,27H,1-2,6-11H2,(H,28,31)(H,29,30). The van der Waals surface area contributed by atoms with E-state index >= 15 is 0 Å². The molecule has 182 valence electrons. The molecule has 1 heterocycles. The molecule has 1 aromatic carbocycles. The number of carbonyl (C=O) groups excluding carboxylic acids is 2. The van der Waals surface area contributed by atoms with Gasteiger partial charge in [-0.05, 0) is 50.2 Å². The molecule has 11 heteroatoms. The maximum absolute atomic E-state index is 12.7. The summed E-state index contributed by atoms with van der Waals surface area (Å²) in [5, 5.41) is 9.93. The second-order valence-corrected chi connectivity index (χ2v) is 9.93. The van der Waals surface area contributed by atoms with E-state index in [4.69, 9.17) is 27.9 Å². The van der Waals surface area contributed by atoms with E-state index in [2.05, 4.69) is 20.7 Å². The van der Waals surface area contributed by atoms with Crippen LogP contribution < -0.4 is 20.7 Å². The molecule has 4 fully saturated rings. The molecule has 5 rings (SSSR count). The van der Waals surface area contributed by atoms with Crippen molar-refractivity contribution in [1.29, 1.82) is 0 Å². The molecule has 3 atom stereocenters. The fraction of sp³-hybridized carbons (Fsp3) is 0.636. The molecule has 2 bridgehead atoms. The lowest BCUT2D eigenvalue weighted by Gasteiger charge is -2.39. The molecule has 3 aliphatic carbocycles. The van der Waals surface area contributed by atoms with Crippen LogP contribution in [0.15, 0.2) is 18.2 Å². The monoisotopic (exact) mass is 505 g/mol. The van der Waals surface area contributed by atoms with Crippen molar-refractivity contribution in [2.45, 2.75) is 56.4 Å². The molecular weight excluding hydrogens is 479 g/mol. The first-order valence-electron chi connectivity index (χ1n) is 11.1. The summed E-state index contributed by atoms with van der Waals surface area (Å²) in [6.45, 7) is -2.13. The van der Waals surface area contributed by atoms with Crippen LogP contribution in [-0.2, 0) is 14.3 Å². The lowest BCUT2D eigenvalue weighted by atomic mass is 9.76. The summed E-state index contributed by atoms with van der Waals surface area (Å²) in [5.41, 5.74) is -0.353. The second kappa shape index (κ2) is 10.3. The highest BCUT2D eigenvalue weighted by atomic mass is 35.5. The quantitative estimate of drug-likeness (QED) is 0.479. The van der Waals surface area contributed by atoms with Crippen molar-refractivity contribution in [2.75, 3.05) is 19.7 Å². The highest BCUT2D eigenvalue weighted by Crippen LogP contribution is 2.55. The molecule has 1 aliphatic heterocycles. The molecule has 1 aromatic rings. The van der Waals surface area contributed by atoms with Crippen molar-refractivity contribution in [3.05, 3.63) is 28.2 Å². The number of fused-ring (bicyclic) bond motifs is 1. The first-order valence-corrected chi connectivity index (χ1v) is 11.8. The van der Waals surface area contributed by atoms with Crippen LogP contribution in [0, 0.1) is 11.8 Å². The molecule has 7 nitrogen and oxygen atoms in total. The van der Waals surface area contributed by atoms with Gasteiger partial charge in [-0.3, -0.25) is 9.59 Å². The minimum atomic E-state index is -2.77. The Bertz CT molecular complexity index is 877. The van der Waals surface area contributed by atoms with Crippen molar-refractivity contribution in [1.82, 2.24) is 16.0 Å². The summed E-state index contributed by atoms with van der Waals surface area (Å²) in [4.78, 5) is 25.1. The Morgan fingerprint density at radius 3 is 2.64 bits per heavy atom. The zero-order valence-electron chi connectivity index (χ0n) is 17.9. The SMILES string of the molecule is O=C(COc1ccc(Cl)c(Cl)c1)NC12CC(C1)C(C(=O)NCC1CCC(OC(F)F)CN1)C2. The van der Waals surface area contributed by atoms with E-state index in [1.54, 1.807) is 18.2 Å². The van der Waals surface area contributed by atoms with E-state index in [-0.39, 0.29) is 41.8 Å². The number of amides is 2. The van der Waals surface area contributed by atoms with Gasteiger partial charge in [-0.15, -0.1) is 0 Å². The topological polar surface area (TPSA) is 88.7 Å². The van der Waals surface area contributed by atoms with E-state index < -0.39 is 12.7 Å². The molecule has 0 spiro atoms. The van der Waals surface area contributed by atoms with Gasteiger partial charge in [0.25, 0.3) is 5.91 Å². The fourth-order valence-corrected chi connectivity index (χ4v) is 5.46. The summed E-state index contributed by atoms with van der Waals surface area (Å²) in [6.07, 6.45) is 2.84. The van der Waals surface area contributed by atoms with Crippen LogP contribution in [0.2, 0.25) is 10.0 Å². The molecule has 2 amide bonds. The molecular formula is C22H27Cl2F2N3O4. The van der Waals surface area contributed by atoms with E-state index in [1.165, 1.54) is 0 Å². The molecule has 1 saturated heterocycles. The number of halogens is 4. The molecule has 0 radical (unpaired) electrons. The fourth-order valence-electron chi connectivity index (χ4n) is 5.17. The Morgan fingerprint density at radius 2 is 1.97 bits per heavy atom. The maximum Gasteiger partial charge on any atom is 0.345 e. The van der Waals surface area contributed by atoms with Crippen LogP contribution in [0.4, 0.5) is 8.78 Å². The second-order valence-electron chi connectivity index (χ2n) is 9.12. The smallest absolute Gasteiger partial charge is 0.345 e. The zero-order valence-corrected chi connectivity index (χ0v) is 19.4. The normalized spacial score (nSPS) is 30.6. The highest BCUT2D eigenvalue weighted by Gasteiger charge is 2.58. The Morgan fingerprint density at radius 1 is 1.18 bits per heavy atom. The van der Waals surface area contributed by atoms with Crippen LogP contribution in [0.5, 0.6) is 5.75 Å². The molecule has 3 saturated carbocycles. The van der Waals surface area contributed by atoms with Gasteiger partial charge in [0.05, 0.1) is 16.1 Å². The van der Waals surface area contributed by atoms with E-state index in [1.807, 2.05) is 0 Å². The first-order chi connectivity index (χ1) is 15.7. The maximum atomic E-state index is 12.7. The molecule has 3 unspecified atom stereocenters. The predicted molar refractivity (Wildman–Crippen MR) is 119 cm³/mol. The van der Waals surface area contributed by atoms with E-state index in [9.17, 15) is 18.4 Å². The number of hydrogen-bond acceptors (Lipinski definition) is 5. The number of rotatable bonds is 9. The number of nitrogens with one attached hydrogen (secondary N) is 3. The third-order valence-electron chi connectivity index (χ3n) is 6.78. The Labute approximate surface area is 200 Å². The van der Waals surface area contributed by atoms with Gasteiger partial charge < -0.3 is 25.4 Å². The van der Waals surface area contributed by atoms with Gasteiger partial charge in [0, 0.05) is 36.7 Å². The van der Waals surface area contributed by atoms with Crippen LogP contribution in [-0.4, -0.2) is 55.8 Å². The van der Waals surface area contributed by atoms with Crippen molar-refractivity contribution in [3.63, 3.8) is 0 Å². The average molecular weight is 506 g/mol. The largest absolute Gasteiger partial charge is 0.484 e. The summed E-state index contributed by atoms with van der Waals surface area (Å²) >= 11 is 11.8. The molecule has 3 N–H and O–H groups in total. The number of benzene rings is 1. The van der Waals surface area contributed by atoms with Crippen LogP contribution >= 0.6 is 23.2 Å². The van der Waals surface area contributed by atoms with Gasteiger partial charge in [-0.1, -0.05) is 23.2 Å². The number of carbonyl (C=O) groups is 2. The van der Waals surface area contributed by atoms with Crippen LogP contribution in [0.1, 0.15) is 32.1 Å².